The van der Waals surface area contributed by atoms with Gasteiger partial charge in [0, 0.05) is 17.8 Å². The molecule has 2 N–H and O–H groups in total. The van der Waals surface area contributed by atoms with E-state index in [1.54, 1.807) is 4.40 Å². The Morgan fingerprint density at radius 3 is 2.55 bits per heavy atom. The Morgan fingerprint density at radius 2 is 1.79 bits per heavy atom. The van der Waals surface area contributed by atoms with Crippen LogP contribution in [-0.4, -0.2) is 15.4 Å². The number of fused-ring (bicyclic) bond motifs is 1. The van der Waals surface area contributed by atoms with E-state index in [1.165, 1.54) is 6.07 Å². The fourth-order valence-corrected chi connectivity index (χ4v) is 3.14. The number of aromatic nitrogens is 2. The third-order valence-corrected chi connectivity index (χ3v) is 4.59. The first-order chi connectivity index (χ1) is 13.9. The Bertz CT molecular complexity index is 1230. The zero-order chi connectivity index (χ0) is 20.5. The lowest BCUT2D eigenvalue weighted by Crippen LogP contribution is -2.21. The van der Waals surface area contributed by atoms with Crippen LogP contribution in [0.5, 0.6) is 0 Å². The van der Waals surface area contributed by atoms with Gasteiger partial charge in [-0.3, -0.25) is 9.72 Å². The van der Waals surface area contributed by atoms with Crippen molar-refractivity contribution in [1.29, 1.82) is 0 Å². The number of nitrogens with zero attached hydrogens (tertiary/aromatic N) is 2. The van der Waals surface area contributed by atoms with Crippen LogP contribution in [0.1, 0.15) is 11.1 Å². The number of halogens is 2. The largest absolute Gasteiger partial charge is 0.324 e. The smallest absolute Gasteiger partial charge is 0.305 e. The van der Waals surface area contributed by atoms with E-state index >= 15 is 0 Å². The average Bonchev–Trinajstić information content (AvgIpc) is 3.01. The summed E-state index contributed by atoms with van der Waals surface area (Å²) in [4.78, 5) is 17.3. The molecule has 5 nitrogen and oxygen atoms in total. The molecule has 0 aliphatic carbocycles. The minimum absolute atomic E-state index is 0.119. The van der Waals surface area contributed by atoms with Crippen LogP contribution in [0.15, 0.2) is 60.8 Å². The van der Waals surface area contributed by atoms with Crippen molar-refractivity contribution in [3.8, 4) is 11.3 Å². The van der Waals surface area contributed by atoms with Gasteiger partial charge in [0.1, 0.15) is 28.8 Å². The van der Waals surface area contributed by atoms with Crippen LogP contribution in [0.25, 0.3) is 16.9 Å². The van der Waals surface area contributed by atoms with Crippen LogP contribution < -0.4 is 10.6 Å². The molecular weight excluding hydrogens is 374 g/mol. The topological polar surface area (TPSA) is 58.4 Å². The van der Waals surface area contributed by atoms with E-state index in [-0.39, 0.29) is 5.69 Å². The number of benzene rings is 2. The highest BCUT2D eigenvalue weighted by atomic mass is 19.1. The number of carbonyl (C=O) groups is 1. The summed E-state index contributed by atoms with van der Waals surface area (Å²) >= 11 is 0. The van der Waals surface area contributed by atoms with Gasteiger partial charge in [-0.05, 0) is 49.2 Å². The van der Waals surface area contributed by atoms with E-state index in [0.717, 1.165) is 22.8 Å². The first kappa shape index (κ1) is 18.6. The van der Waals surface area contributed by atoms with Gasteiger partial charge >= 0.3 is 6.03 Å². The molecule has 0 unspecified atom stereocenters. The molecule has 2 aromatic heterocycles. The van der Waals surface area contributed by atoms with Crippen LogP contribution in [-0.2, 0) is 0 Å². The Labute approximate surface area is 166 Å². The lowest BCUT2D eigenvalue weighted by Gasteiger charge is -2.11. The SMILES string of the molecule is Cc1ccn2c(NC(=O)Nc3ccc(F)cc3F)c(-c3ccccc3C)nc2c1. The van der Waals surface area contributed by atoms with Gasteiger partial charge in [0.05, 0.1) is 5.69 Å². The van der Waals surface area contributed by atoms with Gasteiger partial charge in [0.15, 0.2) is 0 Å². The van der Waals surface area contributed by atoms with Gasteiger partial charge in [-0.25, -0.2) is 18.6 Å². The molecule has 2 heterocycles. The minimum Gasteiger partial charge on any atom is -0.305 e. The second-order valence-electron chi connectivity index (χ2n) is 6.76. The molecule has 4 aromatic rings. The molecule has 7 heteroatoms. The first-order valence-corrected chi connectivity index (χ1v) is 9.00. The number of amides is 2. The molecule has 0 atom stereocenters. The molecule has 4 rings (SSSR count). The van der Waals surface area contributed by atoms with Crippen LogP contribution in [0, 0.1) is 25.5 Å². The number of pyridine rings is 1. The Hall–Kier alpha value is -3.74. The normalized spacial score (nSPS) is 10.9. The van der Waals surface area contributed by atoms with Crippen molar-refractivity contribution in [2.45, 2.75) is 13.8 Å². The van der Waals surface area contributed by atoms with Crippen molar-refractivity contribution in [2.24, 2.45) is 0 Å². The maximum absolute atomic E-state index is 13.9. The molecule has 0 radical (unpaired) electrons. The van der Waals surface area contributed by atoms with E-state index in [2.05, 4.69) is 10.6 Å². The third-order valence-electron chi connectivity index (χ3n) is 4.59. The zero-order valence-corrected chi connectivity index (χ0v) is 15.8. The summed E-state index contributed by atoms with van der Waals surface area (Å²) in [5, 5.41) is 5.17. The van der Waals surface area contributed by atoms with Crippen molar-refractivity contribution in [1.82, 2.24) is 9.38 Å². The highest BCUT2D eigenvalue weighted by Gasteiger charge is 2.18. The van der Waals surface area contributed by atoms with Crippen molar-refractivity contribution < 1.29 is 13.6 Å². The molecule has 0 bridgehead atoms. The molecule has 2 amide bonds. The van der Waals surface area contributed by atoms with E-state index in [4.69, 9.17) is 4.98 Å². The van der Waals surface area contributed by atoms with Gasteiger partial charge in [-0.1, -0.05) is 24.3 Å². The van der Waals surface area contributed by atoms with Crippen molar-refractivity contribution in [3.63, 3.8) is 0 Å². The minimum atomic E-state index is -0.854. The molecule has 146 valence electrons. The van der Waals surface area contributed by atoms with Crippen LogP contribution in [0.3, 0.4) is 0 Å². The Kier molecular flexibility index (Phi) is 4.72. The highest BCUT2D eigenvalue weighted by Crippen LogP contribution is 2.31. The number of anilines is 2. The van der Waals surface area contributed by atoms with Crippen molar-refractivity contribution in [2.75, 3.05) is 10.6 Å². The summed E-state index contributed by atoms with van der Waals surface area (Å²) in [5.41, 5.74) is 4.06. The molecule has 2 aromatic carbocycles. The quantitative estimate of drug-likeness (QED) is 0.481. The number of hydrogen-bond acceptors (Lipinski definition) is 2. The molecule has 0 saturated heterocycles. The van der Waals surface area contributed by atoms with Gasteiger partial charge in [0.25, 0.3) is 0 Å². The second-order valence-corrected chi connectivity index (χ2v) is 6.76. The number of urea groups is 1. The maximum Gasteiger partial charge on any atom is 0.324 e. The molecule has 0 spiro atoms. The van der Waals surface area contributed by atoms with E-state index < -0.39 is 17.7 Å². The number of nitrogens with one attached hydrogen (secondary N) is 2. The average molecular weight is 392 g/mol. The van der Waals surface area contributed by atoms with Gasteiger partial charge in [-0.2, -0.15) is 0 Å². The Morgan fingerprint density at radius 1 is 1.00 bits per heavy atom. The highest BCUT2D eigenvalue weighted by molar-refractivity contribution is 6.02. The molecule has 29 heavy (non-hydrogen) atoms. The predicted molar refractivity (Wildman–Crippen MR) is 109 cm³/mol. The summed E-state index contributed by atoms with van der Waals surface area (Å²) in [7, 11) is 0. The molecule has 0 aliphatic heterocycles. The Balaban J connectivity index is 1.75. The van der Waals surface area contributed by atoms with E-state index in [1.807, 2.05) is 56.4 Å². The summed E-state index contributed by atoms with van der Waals surface area (Å²) in [6, 6.07) is 13.8. The van der Waals surface area contributed by atoms with E-state index in [0.29, 0.717) is 23.2 Å². The van der Waals surface area contributed by atoms with Gasteiger partial charge in [0.2, 0.25) is 0 Å². The van der Waals surface area contributed by atoms with Crippen LogP contribution in [0.2, 0.25) is 0 Å². The number of rotatable bonds is 3. The number of hydrogen-bond donors (Lipinski definition) is 2. The maximum atomic E-state index is 13.9. The number of imidazole rings is 1. The second kappa shape index (κ2) is 7.35. The van der Waals surface area contributed by atoms with E-state index in [9.17, 15) is 13.6 Å². The lowest BCUT2D eigenvalue weighted by molar-refractivity contribution is 0.262. The standard InChI is InChI=1S/C22H18F2N4O/c1-13-9-10-28-19(11-13)26-20(16-6-4-3-5-14(16)2)21(28)27-22(29)25-18-8-7-15(23)12-17(18)24/h3-12H,1-2H3,(H2,25,27,29). The molecule has 0 saturated carbocycles. The summed E-state index contributed by atoms with van der Waals surface area (Å²) in [6.45, 7) is 3.92. The van der Waals surface area contributed by atoms with Crippen LogP contribution >= 0.6 is 0 Å². The molecular formula is C22H18F2N4O. The number of aryl methyl sites for hydroxylation is 2. The molecule has 0 aliphatic rings. The summed E-state index contributed by atoms with van der Waals surface area (Å²) in [5.74, 6) is -1.12. The monoisotopic (exact) mass is 392 g/mol. The fraction of sp³-hybridized carbons (Fsp3) is 0.0909. The molecule has 0 fully saturated rings. The van der Waals surface area contributed by atoms with Gasteiger partial charge in [-0.15, -0.1) is 0 Å². The number of carbonyl (C=O) groups excluding carboxylic acids is 1. The zero-order valence-electron chi connectivity index (χ0n) is 15.8. The van der Waals surface area contributed by atoms with Crippen molar-refractivity contribution in [3.05, 3.63) is 83.6 Å². The predicted octanol–water partition coefficient (Wildman–Crippen LogP) is 5.54. The summed E-state index contributed by atoms with van der Waals surface area (Å²) in [6.07, 6.45) is 1.81. The van der Waals surface area contributed by atoms with Gasteiger partial charge < -0.3 is 5.32 Å². The van der Waals surface area contributed by atoms with Crippen molar-refractivity contribution >= 4 is 23.2 Å². The summed E-state index contributed by atoms with van der Waals surface area (Å²) < 4.78 is 28.7. The third kappa shape index (κ3) is 3.67. The first-order valence-electron chi connectivity index (χ1n) is 9.00. The fourth-order valence-electron chi connectivity index (χ4n) is 3.14. The van der Waals surface area contributed by atoms with Crippen LogP contribution in [0.4, 0.5) is 25.1 Å². The lowest BCUT2D eigenvalue weighted by atomic mass is 10.1.